The fraction of sp³-hybridized carbons (Fsp3) is 0.312. The Labute approximate surface area is 124 Å². The topological polar surface area (TPSA) is 46.3 Å². The summed E-state index contributed by atoms with van der Waals surface area (Å²) < 4.78 is 1.91. The van der Waals surface area contributed by atoms with E-state index in [1.54, 1.807) is 0 Å². The number of rotatable bonds is 3. The quantitative estimate of drug-likeness (QED) is 0.740. The van der Waals surface area contributed by atoms with Crippen LogP contribution in [0, 0.1) is 6.92 Å². The summed E-state index contributed by atoms with van der Waals surface area (Å²) in [6, 6.07) is 9.02. The second-order valence-corrected chi connectivity index (χ2v) is 5.52. The van der Waals surface area contributed by atoms with Crippen LogP contribution in [0.1, 0.15) is 24.4 Å². The van der Waals surface area contributed by atoms with Crippen LogP contribution in [-0.2, 0) is 0 Å². The normalized spacial score (nSPS) is 13.0. The van der Waals surface area contributed by atoms with E-state index in [1.807, 2.05) is 23.7 Å². The van der Waals surface area contributed by atoms with E-state index in [-0.39, 0.29) is 0 Å². The fourth-order valence-corrected chi connectivity index (χ4v) is 2.30. The van der Waals surface area contributed by atoms with Crippen LogP contribution in [-0.4, -0.2) is 38.6 Å². The molecular weight excluding hydrogens is 262 g/mol. The molecule has 0 N–H and O–H groups in total. The largest absolute Gasteiger partial charge is 0.303 e. The van der Waals surface area contributed by atoms with E-state index in [4.69, 9.17) is 0 Å². The summed E-state index contributed by atoms with van der Waals surface area (Å²) in [5, 5.41) is 8.04. The smallest absolute Gasteiger partial charge is 0.254 e. The van der Waals surface area contributed by atoms with Gasteiger partial charge in [-0.3, -0.25) is 4.40 Å². The summed E-state index contributed by atoms with van der Waals surface area (Å²) in [4.78, 5) is 6.54. The van der Waals surface area contributed by atoms with Crippen molar-refractivity contribution in [3.63, 3.8) is 0 Å². The maximum absolute atomic E-state index is 4.35. The van der Waals surface area contributed by atoms with Crippen molar-refractivity contribution in [2.75, 3.05) is 14.1 Å². The number of nitrogens with zero attached hydrogens (tertiary/aromatic N) is 5. The molecule has 5 heteroatoms. The van der Waals surface area contributed by atoms with Crippen molar-refractivity contribution in [3.05, 3.63) is 48.0 Å². The van der Waals surface area contributed by atoms with Gasteiger partial charge < -0.3 is 4.90 Å². The van der Waals surface area contributed by atoms with Gasteiger partial charge in [0, 0.05) is 24.0 Å². The molecule has 3 aromatic rings. The molecule has 2 aromatic heterocycles. The van der Waals surface area contributed by atoms with Crippen molar-refractivity contribution in [1.29, 1.82) is 0 Å². The van der Waals surface area contributed by atoms with E-state index in [9.17, 15) is 0 Å². The summed E-state index contributed by atoms with van der Waals surface area (Å²) in [6.07, 6.45) is 3.87. The number of hydrogen-bond donors (Lipinski definition) is 0. The molecule has 5 nitrogen and oxygen atoms in total. The molecule has 1 atom stereocenters. The zero-order valence-corrected chi connectivity index (χ0v) is 12.8. The number of fused-ring (bicyclic) bond motifs is 1. The third-order valence-corrected chi connectivity index (χ3v) is 3.94. The van der Waals surface area contributed by atoms with Gasteiger partial charge in [0.15, 0.2) is 0 Å². The van der Waals surface area contributed by atoms with Gasteiger partial charge in [0.05, 0.1) is 0 Å². The van der Waals surface area contributed by atoms with Crippen molar-refractivity contribution in [1.82, 2.24) is 24.5 Å². The van der Waals surface area contributed by atoms with Crippen LogP contribution in [0.4, 0.5) is 0 Å². The summed E-state index contributed by atoms with van der Waals surface area (Å²) in [5.74, 6) is 1.48. The van der Waals surface area contributed by atoms with Gasteiger partial charge in [-0.1, -0.05) is 24.3 Å². The van der Waals surface area contributed by atoms with Gasteiger partial charge in [-0.05, 0) is 39.1 Å². The minimum atomic E-state index is 0.403. The predicted molar refractivity (Wildman–Crippen MR) is 83.1 cm³/mol. The van der Waals surface area contributed by atoms with Crippen molar-refractivity contribution < 1.29 is 0 Å². The van der Waals surface area contributed by atoms with E-state index in [0.717, 1.165) is 17.0 Å². The molecule has 0 spiro atoms. The first kappa shape index (κ1) is 13.7. The molecule has 0 aliphatic heterocycles. The SMILES string of the molecule is Cc1nnc2ncc(-c3ccc([C@H](C)N(C)C)cc3)cn12. The van der Waals surface area contributed by atoms with Gasteiger partial charge in [0.2, 0.25) is 0 Å². The molecule has 0 aliphatic rings. The molecule has 0 fully saturated rings. The van der Waals surface area contributed by atoms with Gasteiger partial charge >= 0.3 is 0 Å². The first-order chi connectivity index (χ1) is 10.1. The Bertz CT molecular complexity index is 758. The molecule has 0 unspecified atom stereocenters. The predicted octanol–water partition coefficient (Wildman–Crippen LogP) is 2.72. The van der Waals surface area contributed by atoms with Crippen LogP contribution in [0.5, 0.6) is 0 Å². The Hall–Kier alpha value is -2.27. The lowest BCUT2D eigenvalue weighted by Crippen LogP contribution is -2.16. The molecule has 0 saturated heterocycles. The highest BCUT2D eigenvalue weighted by Crippen LogP contribution is 2.23. The highest BCUT2D eigenvalue weighted by Gasteiger charge is 2.09. The standard InChI is InChI=1S/C16H19N5/c1-11(20(3)4)13-5-7-14(8-6-13)15-9-17-16-19-18-12(2)21(16)10-15/h5-11H,1-4H3/t11-/m0/s1. The van der Waals surface area contributed by atoms with Crippen molar-refractivity contribution >= 4 is 5.78 Å². The highest BCUT2D eigenvalue weighted by molar-refractivity contribution is 5.63. The van der Waals surface area contributed by atoms with Crippen LogP contribution in [0.2, 0.25) is 0 Å². The summed E-state index contributed by atoms with van der Waals surface area (Å²) in [5.41, 5.74) is 3.51. The van der Waals surface area contributed by atoms with E-state index >= 15 is 0 Å². The van der Waals surface area contributed by atoms with Gasteiger partial charge in [-0.25, -0.2) is 4.98 Å². The van der Waals surface area contributed by atoms with Crippen LogP contribution in [0.3, 0.4) is 0 Å². The van der Waals surface area contributed by atoms with Gasteiger partial charge in [0.25, 0.3) is 5.78 Å². The molecule has 0 bridgehead atoms. The third-order valence-electron chi connectivity index (χ3n) is 3.94. The summed E-state index contributed by atoms with van der Waals surface area (Å²) >= 11 is 0. The maximum atomic E-state index is 4.35. The molecule has 0 radical (unpaired) electrons. The Morgan fingerprint density at radius 1 is 1.05 bits per heavy atom. The number of aryl methyl sites for hydroxylation is 1. The van der Waals surface area contributed by atoms with Gasteiger partial charge in [0.1, 0.15) is 5.82 Å². The van der Waals surface area contributed by atoms with Crippen LogP contribution in [0.15, 0.2) is 36.7 Å². The van der Waals surface area contributed by atoms with Crippen LogP contribution < -0.4 is 0 Å². The summed E-state index contributed by atoms with van der Waals surface area (Å²) in [7, 11) is 4.18. The average molecular weight is 281 g/mol. The molecule has 1 aromatic carbocycles. The lowest BCUT2D eigenvalue weighted by molar-refractivity contribution is 0.321. The Morgan fingerprint density at radius 3 is 2.43 bits per heavy atom. The second kappa shape index (κ2) is 5.26. The Balaban J connectivity index is 1.97. The second-order valence-electron chi connectivity index (χ2n) is 5.52. The lowest BCUT2D eigenvalue weighted by Gasteiger charge is -2.20. The number of benzene rings is 1. The molecule has 21 heavy (non-hydrogen) atoms. The van der Waals surface area contributed by atoms with Crippen molar-refractivity contribution in [3.8, 4) is 11.1 Å². The molecule has 3 rings (SSSR count). The Morgan fingerprint density at radius 2 is 1.76 bits per heavy atom. The third kappa shape index (κ3) is 2.52. The summed E-state index contributed by atoms with van der Waals surface area (Å²) in [6.45, 7) is 4.12. The Kier molecular flexibility index (Phi) is 3.43. The lowest BCUT2D eigenvalue weighted by atomic mass is 10.0. The van der Waals surface area contributed by atoms with Crippen molar-refractivity contribution in [2.24, 2.45) is 0 Å². The zero-order chi connectivity index (χ0) is 15.0. The minimum Gasteiger partial charge on any atom is -0.303 e. The molecule has 108 valence electrons. The molecule has 2 heterocycles. The van der Waals surface area contributed by atoms with E-state index in [2.05, 4.69) is 65.4 Å². The maximum Gasteiger partial charge on any atom is 0.254 e. The van der Waals surface area contributed by atoms with Crippen LogP contribution in [0.25, 0.3) is 16.9 Å². The molecular formula is C16H19N5. The van der Waals surface area contributed by atoms with E-state index < -0.39 is 0 Å². The number of aromatic nitrogens is 4. The molecule has 0 saturated carbocycles. The van der Waals surface area contributed by atoms with E-state index in [0.29, 0.717) is 11.8 Å². The van der Waals surface area contributed by atoms with Crippen molar-refractivity contribution in [2.45, 2.75) is 19.9 Å². The monoisotopic (exact) mass is 281 g/mol. The first-order valence-corrected chi connectivity index (χ1v) is 7.00. The first-order valence-electron chi connectivity index (χ1n) is 7.00. The zero-order valence-electron chi connectivity index (χ0n) is 12.8. The van der Waals surface area contributed by atoms with Gasteiger partial charge in [-0.15, -0.1) is 10.2 Å². The number of hydrogen-bond acceptors (Lipinski definition) is 4. The fourth-order valence-electron chi connectivity index (χ4n) is 2.30. The highest BCUT2D eigenvalue weighted by atomic mass is 15.3. The molecule has 0 amide bonds. The van der Waals surface area contributed by atoms with Crippen LogP contribution >= 0.6 is 0 Å². The average Bonchev–Trinajstić information content (AvgIpc) is 2.87. The molecule has 0 aliphatic carbocycles. The van der Waals surface area contributed by atoms with E-state index in [1.165, 1.54) is 5.56 Å². The van der Waals surface area contributed by atoms with Gasteiger partial charge in [-0.2, -0.15) is 0 Å². The minimum absolute atomic E-state index is 0.403.